The standard InChI is InChI=1S/C35H24F3N5/c36-35(37,38)29-4-2-1-3-27(29)34-32-16-13-26(42-32)20-24-11-10-23(40-24)19-25-12-15-30(41-25)28(31-17-18-33(34)43-31)14-7-21-5-8-22(39)9-6-21/h1-20,41-42H,39H2/b14-7+,23-19?,24-20?,25-19?,26-20?,30-28?,31-28?,34-32?,34-33?. The van der Waals surface area contributed by atoms with E-state index in [1.807, 2.05) is 85.0 Å². The first-order valence-electron chi connectivity index (χ1n) is 13.6. The van der Waals surface area contributed by atoms with Crippen molar-refractivity contribution in [2.75, 3.05) is 5.73 Å². The Bertz CT molecular complexity index is 2130. The number of anilines is 1. The lowest BCUT2D eigenvalue weighted by Crippen LogP contribution is -2.07. The van der Waals surface area contributed by atoms with Crippen molar-refractivity contribution in [3.05, 3.63) is 124 Å². The molecule has 0 spiro atoms. The second-order valence-corrected chi connectivity index (χ2v) is 10.3. The molecule has 0 amide bonds. The van der Waals surface area contributed by atoms with Crippen molar-refractivity contribution in [1.29, 1.82) is 0 Å². The Morgan fingerprint density at radius 3 is 2.02 bits per heavy atom. The van der Waals surface area contributed by atoms with Crippen LogP contribution >= 0.6 is 0 Å². The van der Waals surface area contributed by atoms with E-state index in [2.05, 4.69) is 9.97 Å². The molecule has 3 aromatic heterocycles. The second-order valence-electron chi connectivity index (χ2n) is 10.3. The van der Waals surface area contributed by atoms with Crippen molar-refractivity contribution in [3.63, 3.8) is 0 Å². The minimum atomic E-state index is -4.55. The van der Waals surface area contributed by atoms with Crippen LogP contribution in [0.4, 0.5) is 18.9 Å². The summed E-state index contributed by atoms with van der Waals surface area (Å²) in [6.45, 7) is 0. The highest BCUT2D eigenvalue weighted by molar-refractivity contribution is 5.94. The maximum atomic E-state index is 14.3. The molecule has 5 aromatic rings. The second kappa shape index (κ2) is 10.3. The molecule has 4 N–H and O–H groups in total. The fourth-order valence-electron chi connectivity index (χ4n) is 5.29. The molecule has 8 heteroatoms. The van der Waals surface area contributed by atoms with Gasteiger partial charge in [-0.05, 0) is 90.0 Å². The van der Waals surface area contributed by atoms with Gasteiger partial charge in [0.25, 0.3) is 0 Å². The average Bonchev–Trinajstić information content (AvgIpc) is 3.80. The predicted octanol–water partition coefficient (Wildman–Crippen LogP) is 9.09. The molecule has 210 valence electrons. The van der Waals surface area contributed by atoms with E-state index in [1.165, 1.54) is 12.1 Å². The van der Waals surface area contributed by atoms with E-state index in [1.54, 1.807) is 18.2 Å². The van der Waals surface area contributed by atoms with Crippen LogP contribution in [0.1, 0.15) is 39.5 Å². The van der Waals surface area contributed by atoms with E-state index in [0.29, 0.717) is 33.7 Å². The molecule has 0 atom stereocenters. The highest BCUT2D eigenvalue weighted by Crippen LogP contribution is 2.40. The molecule has 2 aromatic carbocycles. The van der Waals surface area contributed by atoms with Crippen LogP contribution in [0.3, 0.4) is 0 Å². The van der Waals surface area contributed by atoms with Gasteiger partial charge in [0, 0.05) is 38.9 Å². The molecule has 0 unspecified atom stereocenters. The first-order valence-corrected chi connectivity index (χ1v) is 13.6. The van der Waals surface area contributed by atoms with Gasteiger partial charge in [-0.25, -0.2) is 9.97 Å². The van der Waals surface area contributed by atoms with Gasteiger partial charge in [0.1, 0.15) is 0 Å². The molecule has 43 heavy (non-hydrogen) atoms. The summed E-state index contributed by atoms with van der Waals surface area (Å²) in [7, 11) is 0. The SMILES string of the molecule is Nc1ccc(/C=C/c2c3nc(c(-c4ccccc4C(F)(F)F)c4ccc(cc5nc(cc6ccc2[nH]6)C=C5)[nH]4)C=C3)cc1. The van der Waals surface area contributed by atoms with Crippen molar-refractivity contribution in [3.8, 4) is 11.1 Å². The van der Waals surface area contributed by atoms with E-state index < -0.39 is 11.7 Å². The molecule has 0 aliphatic carbocycles. The molecule has 5 nitrogen and oxygen atoms in total. The molecule has 0 saturated heterocycles. The number of aromatic nitrogens is 4. The highest BCUT2D eigenvalue weighted by atomic mass is 19.4. The number of H-pyrrole nitrogens is 2. The number of nitrogens with two attached hydrogens (primary N) is 1. The lowest BCUT2D eigenvalue weighted by molar-refractivity contribution is -0.137. The molecule has 0 saturated carbocycles. The van der Waals surface area contributed by atoms with Gasteiger partial charge >= 0.3 is 6.18 Å². The number of rotatable bonds is 3. The molecular weight excluding hydrogens is 547 g/mol. The van der Waals surface area contributed by atoms with Crippen LogP contribution < -0.4 is 5.73 Å². The van der Waals surface area contributed by atoms with Crippen molar-refractivity contribution >= 4 is 64.2 Å². The van der Waals surface area contributed by atoms with Crippen molar-refractivity contribution in [2.24, 2.45) is 0 Å². The number of alkyl halides is 3. The van der Waals surface area contributed by atoms with Crippen molar-refractivity contribution in [1.82, 2.24) is 19.9 Å². The number of halogens is 3. The maximum Gasteiger partial charge on any atom is 0.417 e. The van der Waals surface area contributed by atoms with E-state index in [0.717, 1.165) is 39.6 Å². The first-order chi connectivity index (χ1) is 20.8. The molecule has 2 aliphatic heterocycles. The molecule has 7 rings (SSSR count). The molecular formula is C35H24F3N5. The summed E-state index contributed by atoms with van der Waals surface area (Å²) in [4.78, 5) is 16.4. The lowest BCUT2D eigenvalue weighted by Gasteiger charge is -2.13. The monoisotopic (exact) mass is 571 g/mol. The Morgan fingerprint density at radius 1 is 0.651 bits per heavy atom. The summed E-state index contributed by atoms with van der Waals surface area (Å²) >= 11 is 0. The molecule has 0 fully saturated rings. The first kappa shape index (κ1) is 26.3. The quantitative estimate of drug-likeness (QED) is 0.185. The molecule has 8 bridgehead atoms. The molecule has 2 aliphatic rings. The number of nitrogens with one attached hydrogen (secondary N) is 2. The summed E-state index contributed by atoms with van der Waals surface area (Å²) in [5.41, 5.74) is 13.3. The molecule has 0 radical (unpaired) electrons. The number of nitrogens with zero attached hydrogens (tertiary/aromatic N) is 2. The number of benzene rings is 2. The third-order valence-corrected chi connectivity index (χ3v) is 7.32. The van der Waals surface area contributed by atoms with Gasteiger partial charge in [-0.1, -0.05) is 42.5 Å². The minimum Gasteiger partial charge on any atom is -0.399 e. The average molecular weight is 572 g/mol. The number of nitrogen functional groups attached to an aromatic ring is 1. The van der Waals surface area contributed by atoms with E-state index in [4.69, 9.17) is 15.7 Å². The van der Waals surface area contributed by atoms with Gasteiger partial charge in [-0.3, -0.25) is 0 Å². The molecule has 5 heterocycles. The van der Waals surface area contributed by atoms with Crippen LogP contribution in [0.5, 0.6) is 0 Å². The number of hydrogen-bond donors (Lipinski definition) is 3. The largest absolute Gasteiger partial charge is 0.417 e. The third-order valence-electron chi connectivity index (χ3n) is 7.32. The van der Waals surface area contributed by atoms with Gasteiger partial charge in [0.15, 0.2) is 0 Å². The number of hydrogen-bond acceptors (Lipinski definition) is 3. The Morgan fingerprint density at radius 2 is 1.30 bits per heavy atom. The summed E-state index contributed by atoms with van der Waals surface area (Å²) in [6.07, 6.45) is 6.75. The van der Waals surface area contributed by atoms with Gasteiger partial charge in [-0.2, -0.15) is 13.2 Å². The van der Waals surface area contributed by atoms with Gasteiger partial charge in [0.2, 0.25) is 0 Å². The topological polar surface area (TPSA) is 83.4 Å². The van der Waals surface area contributed by atoms with Crippen LogP contribution in [-0.2, 0) is 6.18 Å². The van der Waals surface area contributed by atoms with Gasteiger partial charge in [-0.15, -0.1) is 0 Å². The third kappa shape index (κ3) is 5.26. The Balaban J connectivity index is 1.57. The van der Waals surface area contributed by atoms with Crippen LogP contribution in [-0.4, -0.2) is 19.9 Å². The van der Waals surface area contributed by atoms with E-state index in [-0.39, 0.29) is 5.56 Å². The van der Waals surface area contributed by atoms with Crippen LogP contribution in [0.2, 0.25) is 0 Å². The van der Waals surface area contributed by atoms with Crippen molar-refractivity contribution in [2.45, 2.75) is 6.18 Å². The summed E-state index contributed by atoms with van der Waals surface area (Å²) in [6, 6.07) is 24.4. The Hall–Kier alpha value is -5.63. The predicted molar refractivity (Wildman–Crippen MR) is 169 cm³/mol. The van der Waals surface area contributed by atoms with E-state index in [9.17, 15) is 13.2 Å². The zero-order valence-electron chi connectivity index (χ0n) is 22.7. The summed E-state index contributed by atoms with van der Waals surface area (Å²) in [5.74, 6) is 0. The number of aromatic amines is 2. The Kier molecular flexibility index (Phi) is 6.31. The highest BCUT2D eigenvalue weighted by Gasteiger charge is 2.34. The number of fused-ring (bicyclic) bond motifs is 8. The summed E-state index contributed by atoms with van der Waals surface area (Å²) < 4.78 is 42.8. The fraction of sp³-hybridized carbons (Fsp3) is 0.0286. The van der Waals surface area contributed by atoms with Gasteiger partial charge < -0.3 is 15.7 Å². The maximum absolute atomic E-state index is 14.3. The van der Waals surface area contributed by atoms with Crippen LogP contribution in [0, 0.1) is 0 Å². The normalized spacial score (nSPS) is 12.8. The minimum absolute atomic E-state index is 0.0404. The van der Waals surface area contributed by atoms with Crippen LogP contribution in [0.25, 0.3) is 69.6 Å². The zero-order chi connectivity index (χ0) is 29.6. The van der Waals surface area contributed by atoms with E-state index >= 15 is 0 Å². The fourth-order valence-corrected chi connectivity index (χ4v) is 5.29. The lowest BCUT2D eigenvalue weighted by atomic mass is 9.98. The zero-order valence-corrected chi connectivity index (χ0v) is 22.7. The smallest absolute Gasteiger partial charge is 0.399 e. The van der Waals surface area contributed by atoms with Crippen molar-refractivity contribution < 1.29 is 13.2 Å². The van der Waals surface area contributed by atoms with Crippen LogP contribution in [0.15, 0.2) is 84.9 Å². The summed E-state index contributed by atoms with van der Waals surface area (Å²) in [5, 5.41) is 0. The van der Waals surface area contributed by atoms with Gasteiger partial charge in [0.05, 0.1) is 28.3 Å². The Labute approximate surface area is 244 Å².